The summed E-state index contributed by atoms with van der Waals surface area (Å²) in [6.45, 7) is 5.53. The summed E-state index contributed by atoms with van der Waals surface area (Å²) in [5, 5.41) is 2.57. The molecule has 7 nitrogen and oxygen atoms in total. The van der Waals surface area contributed by atoms with Crippen molar-refractivity contribution in [2.75, 3.05) is 0 Å². The van der Waals surface area contributed by atoms with Crippen LogP contribution in [0.2, 0.25) is 0 Å². The van der Waals surface area contributed by atoms with E-state index >= 15 is 0 Å². The molecule has 30 heavy (non-hydrogen) atoms. The quantitative estimate of drug-likeness (QED) is 0.792. The first-order valence-corrected chi connectivity index (χ1v) is 10.1. The summed E-state index contributed by atoms with van der Waals surface area (Å²) in [6, 6.07) is 5.08. The molecule has 2 aromatic rings. The lowest BCUT2D eigenvalue weighted by Gasteiger charge is -2.28. The molecular formula is C21H28F2N4O3. The zero-order valence-electron chi connectivity index (χ0n) is 17.5. The molecule has 1 heterocycles. The molecule has 0 unspecified atom stereocenters. The van der Waals surface area contributed by atoms with Crippen LogP contribution in [0.15, 0.2) is 29.1 Å². The number of nitrogens with zero attached hydrogens (tertiary/aromatic N) is 2. The number of imidazole rings is 1. The van der Waals surface area contributed by atoms with Crippen LogP contribution in [0.3, 0.4) is 0 Å². The second kappa shape index (κ2) is 7.85. The molecule has 2 amide bonds. The van der Waals surface area contributed by atoms with Crippen LogP contribution in [-0.4, -0.2) is 33.0 Å². The minimum atomic E-state index is -2.65. The highest BCUT2D eigenvalue weighted by molar-refractivity contribution is 5.92. The Morgan fingerprint density at radius 2 is 1.77 bits per heavy atom. The van der Waals surface area contributed by atoms with Crippen molar-refractivity contribution >= 4 is 23.0 Å². The Balaban J connectivity index is 1.95. The number of nitrogens with two attached hydrogens (primary N) is 1. The number of halogens is 2. The highest BCUT2D eigenvalue weighted by atomic mass is 19.3. The van der Waals surface area contributed by atoms with Crippen molar-refractivity contribution in [3.05, 3.63) is 34.7 Å². The van der Waals surface area contributed by atoms with Crippen LogP contribution in [0.1, 0.15) is 46.5 Å². The first-order valence-electron chi connectivity index (χ1n) is 10.1. The molecule has 1 aliphatic carbocycles. The van der Waals surface area contributed by atoms with Gasteiger partial charge in [0.15, 0.2) is 0 Å². The third-order valence-corrected chi connectivity index (χ3v) is 5.73. The van der Waals surface area contributed by atoms with Crippen LogP contribution in [0.4, 0.5) is 13.6 Å². The lowest BCUT2D eigenvalue weighted by atomic mass is 9.86. The maximum absolute atomic E-state index is 13.5. The molecule has 1 atom stereocenters. The Kier molecular flexibility index (Phi) is 5.75. The highest BCUT2D eigenvalue weighted by Crippen LogP contribution is 2.36. The van der Waals surface area contributed by atoms with Gasteiger partial charge < -0.3 is 11.1 Å². The number of primary amides is 1. The van der Waals surface area contributed by atoms with Crippen molar-refractivity contribution in [2.24, 2.45) is 17.1 Å². The van der Waals surface area contributed by atoms with Gasteiger partial charge in [0.05, 0.1) is 11.0 Å². The van der Waals surface area contributed by atoms with Crippen LogP contribution in [0.5, 0.6) is 0 Å². The molecule has 3 rings (SSSR count). The van der Waals surface area contributed by atoms with Gasteiger partial charge in [0.1, 0.15) is 6.04 Å². The second-order valence-electron chi connectivity index (χ2n) is 9.17. The van der Waals surface area contributed by atoms with E-state index in [0.29, 0.717) is 23.9 Å². The van der Waals surface area contributed by atoms with Gasteiger partial charge in [-0.2, -0.15) is 0 Å². The van der Waals surface area contributed by atoms with E-state index in [2.05, 4.69) is 5.32 Å². The Morgan fingerprint density at radius 1 is 1.20 bits per heavy atom. The Morgan fingerprint density at radius 3 is 2.30 bits per heavy atom. The Bertz CT molecular complexity index is 1010. The largest absolute Gasteiger partial charge is 0.368 e. The Labute approximate surface area is 173 Å². The molecule has 1 fully saturated rings. The third kappa shape index (κ3) is 4.39. The first-order chi connectivity index (χ1) is 13.9. The average Bonchev–Trinajstić information content (AvgIpc) is 2.92. The fourth-order valence-electron chi connectivity index (χ4n) is 4.02. The smallest absolute Gasteiger partial charge is 0.337 e. The molecule has 1 aromatic carbocycles. The maximum atomic E-state index is 13.5. The lowest BCUT2D eigenvalue weighted by Crippen LogP contribution is -2.54. The summed E-state index contributed by atoms with van der Waals surface area (Å²) in [7, 11) is 0. The average molecular weight is 422 g/mol. The SMILES string of the molecule is CC(C)(C)[C@H](NC(=O)n1c(=O)n(CC2CCC(F)(F)CC2)c2ccccc21)C(N)=O. The van der Waals surface area contributed by atoms with E-state index < -0.39 is 35.0 Å². The summed E-state index contributed by atoms with van der Waals surface area (Å²) in [4.78, 5) is 37.9. The number of hydrogen-bond donors (Lipinski definition) is 2. The number of aromatic nitrogens is 2. The fraction of sp³-hybridized carbons (Fsp3) is 0.571. The molecule has 0 bridgehead atoms. The second-order valence-corrected chi connectivity index (χ2v) is 9.17. The van der Waals surface area contributed by atoms with Gasteiger partial charge in [0.2, 0.25) is 11.8 Å². The van der Waals surface area contributed by atoms with Crippen molar-refractivity contribution < 1.29 is 18.4 Å². The predicted octanol–water partition coefficient (Wildman–Crippen LogP) is 3.09. The normalized spacial score (nSPS) is 18.3. The van der Waals surface area contributed by atoms with Crippen molar-refractivity contribution in [1.82, 2.24) is 14.5 Å². The number of hydrogen-bond acceptors (Lipinski definition) is 3. The van der Waals surface area contributed by atoms with Gasteiger partial charge >= 0.3 is 11.7 Å². The van der Waals surface area contributed by atoms with E-state index in [1.807, 2.05) is 0 Å². The molecule has 0 radical (unpaired) electrons. The van der Waals surface area contributed by atoms with E-state index in [9.17, 15) is 23.2 Å². The number of benzene rings is 1. The molecule has 0 spiro atoms. The molecule has 164 valence electrons. The van der Waals surface area contributed by atoms with Gasteiger partial charge in [-0.3, -0.25) is 9.36 Å². The molecule has 3 N–H and O–H groups in total. The van der Waals surface area contributed by atoms with E-state index in [4.69, 9.17) is 5.73 Å². The van der Waals surface area contributed by atoms with Crippen molar-refractivity contribution in [1.29, 1.82) is 0 Å². The summed E-state index contributed by atoms with van der Waals surface area (Å²) in [5.41, 5.74) is 5.16. The minimum absolute atomic E-state index is 0.0717. The summed E-state index contributed by atoms with van der Waals surface area (Å²) in [6.07, 6.45) is 0.243. The lowest BCUT2D eigenvalue weighted by molar-refractivity contribution is -0.122. The van der Waals surface area contributed by atoms with Gasteiger partial charge in [-0.25, -0.2) is 22.9 Å². The van der Waals surface area contributed by atoms with E-state index in [0.717, 1.165) is 4.57 Å². The molecule has 1 aromatic heterocycles. The van der Waals surface area contributed by atoms with Crippen LogP contribution >= 0.6 is 0 Å². The van der Waals surface area contributed by atoms with Crippen molar-refractivity contribution in [2.45, 2.75) is 65.0 Å². The van der Waals surface area contributed by atoms with Gasteiger partial charge in [-0.15, -0.1) is 0 Å². The number of para-hydroxylation sites is 2. The number of nitrogens with one attached hydrogen (secondary N) is 1. The van der Waals surface area contributed by atoms with Crippen molar-refractivity contribution in [3.8, 4) is 0 Å². The number of carbonyl (C=O) groups excluding carboxylic acids is 2. The minimum Gasteiger partial charge on any atom is -0.368 e. The van der Waals surface area contributed by atoms with Crippen LogP contribution in [-0.2, 0) is 11.3 Å². The van der Waals surface area contributed by atoms with Gasteiger partial charge in [0, 0.05) is 19.4 Å². The summed E-state index contributed by atoms with van der Waals surface area (Å²) in [5.74, 6) is -3.42. The fourth-order valence-corrected chi connectivity index (χ4v) is 4.02. The first kappa shape index (κ1) is 22.0. The van der Waals surface area contributed by atoms with Gasteiger partial charge in [-0.05, 0) is 36.3 Å². The van der Waals surface area contributed by atoms with Crippen molar-refractivity contribution in [3.63, 3.8) is 0 Å². The predicted molar refractivity (Wildman–Crippen MR) is 109 cm³/mol. The van der Waals surface area contributed by atoms with E-state index in [1.165, 1.54) is 4.57 Å². The number of rotatable bonds is 4. The zero-order valence-corrected chi connectivity index (χ0v) is 17.5. The van der Waals surface area contributed by atoms with E-state index in [1.54, 1.807) is 45.0 Å². The van der Waals surface area contributed by atoms with Gasteiger partial charge in [-0.1, -0.05) is 32.9 Å². The third-order valence-electron chi connectivity index (χ3n) is 5.73. The summed E-state index contributed by atoms with van der Waals surface area (Å²) >= 11 is 0. The number of fused-ring (bicyclic) bond motifs is 1. The monoisotopic (exact) mass is 422 g/mol. The van der Waals surface area contributed by atoms with Crippen LogP contribution < -0.4 is 16.7 Å². The number of amides is 2. The topological polar surface area (TPSA) is 99.1 Å². The van der Waals surface area contributed by atoms with E-state index in [-0.39, 0.29) is 25.3 Å². The Hall–Kier alpha value is -2.71. The van der Waals surface area contributed by atoms with Crippen LogP contribution in [0.25, 0.3) is 11.0 Å². The maximum Gasteiger partial charge on any atom is 0.337 e. The molecule has 0 aliphatic heterocycles. The van der Waals surface area contributed by atoms with Crippen LogP contribution in [0, 0.1) is 11.3 Å². The summed E-state index contributed by atoms with van der Waals surface area (Å²) < 4.78 is 29.4. The molecular weight excluding hydrogens is 394 g/mol. The molecule has 9 heteroatoms. The molecule has 1 aliphatic rings. The molecule has 0 saturated heterocycles. The zero-order chi connectivity index (χ0) is 22.3. The van der Waals surface area contributed by atoms with Gasteiger partial charge in [0.25, 0.3) is 0 Å². The standard InChI is InChI=1S/C21H28F2N4O3/c1-20(2,3)16(17(24)28)25-18(29)27-15-7-5-4-6-14(15)26(19(27)30)12-13-8-10-21(22,23)11-9-13/h4-7,13,16H,8-12H2,1-3H3,(H2,24,28)(H,25,29)/t16-/m1/s1. The highest BCUT2D eigenvalue weighted by Gasteiger charge is 2.36. The molecule has 1 saturated carbocycles. The number of carbonyl (C=O) groups is 2. The number of alkyl halides is 2.